The van der Waals surface area contributed by atoms with Crippen LogP contribution in [0.15, 0.2) is 12.4 Å². The largest absolute Gasteiger partial charge is 0.481 e. The van der Waals surface area contributed by atoms with Crippen LogP contribution in [0, 0.1) is 5.92 Å². The van der Waals surface area contributed by atoms with E-state index in [2.05, 4.69) is 36.5 Å². The summed E-state index contributed by atoms with van der Waals surface area (Å²) in [5, 5.41) is 7.42. The average Bonchev–Trinajstić information content (AvgIpc) is 2.60. The highest BCUT2D eigenvalue weighted by atomic mass is 16.4. The van der Waals surface area contributed by atoms with E-state index < -0.39 is 5.97 Å². The van der Waals surface area contributed by atoms with Crippen molar-refractivity contribution >= 4 is 5.97 Å². The SMILES string of the molecule is CC(=O)O.CCCCn1ccnc1CC(C)C. The Morgan fingerprint density at radius 2 is 2.12 bits per heavy atom. The lowest BCUT2D eigenvalue weighted by Crippen LogP contribution is -2.06. The zero-order valence-corrected chi connectivity index (χ0v) is 11.3. The molecule has 0 spiro atoms. The first-order chi connectivity index (χ1) is 7.97. The fourth-order valence-electron chi connectivity index (χ4n) is 1.43. The molecule has 1 aromatic rings. The molecular formula is C13H24N2O2. The van der Waals surface area contributed by atoms with E-state index in [0.29, 0.717) is 5.92 Å². The third kappa shape index (κ3) is 8.48. The second-order valence-corrected chi connectivity index (χ2v) is 4.51. The first-order valence-corrected chi connectivity index (χ1v) is 6.16. The van der Waals surface area contributed by atoms with E-state index in [1.54, 1.807) is 0 Å². The maximum Gasteiger partial charge on any atom is 0.300 e. The highest BCUT2D eigenvalue weighted by Crippen LogP contribution is 2.07. The van der Waals surface area contributed by atoms with Gasteiger partial charge in [-0.25, -0.2) is 4.98 Å². The van der Waals surface area contributed by atoms with Crippen molar-refractivity contribution in [3.05, 3.63) is 18.2 Å². The molecule has 0 aliphatic heterocycles. The normalized spacial score (nSPS) is 9.94. The van der Waals surface area contributed by atoms with Gasteiger partial charge in [-0.05, 0) is 12.3 Å². The van der Waals surface area contributed by atoms with Crippen molar-refractivity contribution in [2.75, 3.05) is 0 Å². The minimum absolute atomic E-state index is 0.697. The number of aliphatic carboxylic acids is 1. The second-order valence-electron chi connectivity index (χ2n) is 4.51. The van der Waals surface area contributed by atoms with Crippen LogP contribution in [-0.4, -0.2) is 20.6 Å². The van der Waals surface area contributed by atoms with Crippen LogP contribution in [0.5, 0.6) is 0 Å². The van der Waals surface area contributed by atoms with Crippen molar-refractivity contribution in [3.8, 4) is 0 Å². The molecule has 4 heteroatoms. The van der Waals surface area contributed by atoms with Gasteiger partial charge >= 0.3 is 0 Å². The lowest BCUT2D eigenvalue weighted by molar-refractivity contribution is -0.134. The van der Waals surface area contributed by atoms with E-state index in [1.165, 1.54) is 18.7 Å². The van der Waals surface area contributed by atoms with Gasteiger partial charge in [0.2, 0.25) is 0 Å². The first kappa shape index (κ1) is 15.7. The van der Waals surface area contributed by atoms with E-state index in [1.807, 2.05) is 6.20 Å². The Morgan fingerprint density at radius 1 is 1.53 bits per heavy atom. The number of imidazole rings is 1. The van der Waals surface area contributed by atoms with E-state index in [-0.39, 0.29) is 0 Å². The maximum absolute atomic E-state index is 9.00. The van der Waals surface area contributed by atoms with Crippen LogP contribution in [0.2, 0.25) is 0 Å². The molecule has 0 atom stereocenters. The smallest absolute Gasteiger partial charge is 0.300 e. The molecule has 0 aliphatic carbocycles. The number of carbonyl (C=O) groups is 1. The minimum atomic E-state index is -0.833. The third-order valence-electron chi connectivity index (χ3n) is 2.15. The van der Waals surface area contributed by atoms with Crippen molar-refractivity contribution in [1.29, 1.82) is 0 Å². The van der Waals surface area contributed by atoms with Crippen LogP contribution in [0.25, 0.3) is 0 Å². The van der Waals surface area contributed by atoms with Gasteiger partial charge in [0.25, 0.3) is 5.97 Å². The lowest BCUT2D eigenvalue weighted by atomic mass is 10.1. The summed E-state index contributed by atoms with van der Waals surface area (Å²) >= 11 is 0. The molecule has 0 amide bonds. The van der Waals surface area contributed by atoms with Crippen molar-refractivity contribution in [3.63, 3.8) is 0 Å². The highest BCUT2D eigenvalue weighted by molar-refractivity contribution is 5.62. The summed E-state index contributed by atoms with van der Waals surface area (Å²) in [6.45, 7) is 8.90. The van der Waals surface area contributed by atoms with Crippen LogP contribution in [0.4, 0.5) is 0 Å². The van der Waals surface area contributed by atoms with Gasteiger partial charge in [0, 0.05) is 32.3 Å². The number of hydrogen-bond acceptors (Lipinski definition) is 2. The predicted molar refractivity (Wildman–Crippen MR) is 69.0 cm³/mol. The predicted octanol–water partition coefficient (Wildman–Crippen LogP) is 2.97. The summed E-state index contributed by atoms with van der Waals surface area (Å²) in [6.07, 6.45) is 7.60. The molecule has 0 saturated carbocycles. The number of unbranched alkanes of at least 4 members (excludes halogenated alkanes) is 1. The van der Waals surface area contributed by atoms with Gasteiger partial charge < -0.3 is 9.67 Å². The molecule has 0 radical (unpaired) electrons. The third-order valence-corrected chi connectivity index (χ3v) is 2.15. The number of hydrogen-bond donors (Lipinski definition) is 1. The maximum atomic E-state index is 9.00. The minimum Gasteiger partial charge on any atom is -0.481 e. The lowest BCUT2D eigenvalue weighted by Gasteiger charge is -2.08. The monoisotopic (exact) mass is 240 g/mol. The quantitative estimate of drug-likeness (QED) is 0.860. The Bertz CT molecular complexity index is 315. The van der Waals surface area contributed by atoms with Crippen LogP contribution >= 0.6 is 0 Å². The zero-order valence-electron chi connectivity index (χ0n) is 11.3. The van der Waals surface area contributed by atoms with Crippen LogP contribution in [0.3, 0.4) is 0 Å². The molecule has 4 nitrogen and oxygen atoms in total. The van der Waals surface area contributed by atoms with E-state index in [9.17, 15) is 0 Å². The molecule has 0 aliphatic rings. The highest BCUT2D eigenvalue weighted by Gasteiger charge is 2.03. The average molecular weight is 240 g/mol. The van der Waals surface area contributed by atoms with Gasteiger partial charge in [0.15, 0.2) is 0 Å². The van der Waals surface area contributed by atoms with E-state index in [0.717, 1.165) is 19.9 Å². The topological polar surface area (TPSA) is 55.1 Å². The summed E-state index contributed by atoms with van der Waals surface area (Å²) in [5.41, 5.74) is 0. The number of aromatic nitrogens is 2. The van der Waals surface area contributed by atoms with Crippen molar-refractivity contribution < 1.29 is 9.90 Å². The number of aryl methyl sites for hydroxylation is 1. The van der Waals surface area contributed by atoms with Crippen molar-refractivity contribution in [2.24, 2.45) is 5.92 Å². The van der Waals surface area contributed by atoms with E-state index >= 15 is 0 Å². The van der Waals surface area contributed by atoms with Crippen LogP contribution in [-0.2, 0) is 17.8 Å². The summed E-state index contributed by atoms with van der Waals surface area (Å²) < 4.78 is 2.28. The van der Waals surface area contributed by atoms with Gasteiger partial charge in [0.1, 0.15) is 5.82 Å². The molecule has 17 heavy (non-hydrogen) atoms. The van der Waals surface area contributed by atoms with E-state index in [4.69, 9.17) is 9.90 Å². The van der Waals surface area contributed by atoms with Gasteiger partial charge in [-0.15, -0.1) is 0 Å². The van der Waals surface area contributed by atoms with Gasteiger partial charge in [-0.3, -0.25) is 4.79 Å². The standard InChI is InChI=1S/C11H20N2.C2H4O2/c1-4-5-7-13-8-6-12-11(13)9-10(2)3;1-2(3)4/h6,8,10H,4-5,7,9H2,1-3H3;1H3,(H,3,4). The van der Waals surface area contributed by atoms with Gasteiger partial charge in [-0.1, -0.05) is 27.2 Å². The molecular weight excluding hydrogens is 216 g/mol. The number of carboxylic acid groups (broad SMARTS) is 1. The van der Waals surface area contributed by atoms with Crippen molar-refractivity contribution in [2.45, 2.75) is 53.5 Å². The van der Waals surface area contributed by atoms with Crippen molar-refractivity contribution in [1.82, 2.24) is 9.55 Å². The Balaban J connectivity index is 0.000000557. The summed E-state index contributed by atoms with van der Waals surface area (Å²) in [5.74, 6) is 1.10. The number of rotatable bonds is 5. The Labute approximate surface area is 104 Å². The Kier molecular flexibility index (Phi) is 8.11. The molecule has 0 aromatic carbocycles. The van der Waals surface area contributed by atoms with Crippen LogP contribution < -0.4 is 0 Å². The molecule has 0 fully saturated rings. The fourth-order valence-corrected chi connectivity index (χ4v) is 1.43. The van der Waals surface area contributed by atoms with Crippen LogP contribution in [0.1, 0.15) is 46.4 Å². The summed E-state index contributed by atoms with van der Waals surface area (Å²) in [6, 6.07) is 0. The number of carboxylic acids is 1. The molecule has 0 unspecified atom stereocenters. The fraction of sp³-hybridized carbons (Fsp3) is 0.692. The van der Waals surface area contributed by atoms with Gasteiger partial charge in [-0.2, -0.15) is 0 Å². The molecule has 1 rings (SSSR count). The summed E-state index contributed by atoms with van der Waals surface area (Å²) in [4.78, 5) is 13.4. The Hall–Kier alpha value is -1.32. The molecule has 1 heterocycles. The summed E-state index contributed by atoms with van der Waals surface area (Å²) in [7, 11) is 0. The number of nitrogens with zero attached hydrogens (tertiary/aromatic N) is 2. The molecule has 1 N–H and O–H groups in total. The molecule has 0 saturated heterocycles. The Morgan fingerprint density at radius 3 is 2.59 bits per heavy atom. The second kappa shape index (κ2) is 8.79. The molecule has 0 bridgehead atoms. The van der Waals surface area contributed by atoms with Gasteiger partial charge in [0.05, 0.1) is 0 Å². The zero-order chi connectivity index (χ0) is 13.3. The molecule has 1 aromatic heterocycles. The first-order valence-electron chi connectivity index (χ1n) is 6.16. The molecule has 98 valence electrons.